The number of quaternary nitrogens is 1. The summed E-state index contributed by atoms with van der Waals surface area (Å²) in [4.78, 5) is 0. The van der Waals surface area contributed by atoms with Crippen LogP contribution in [0.2, 0.25) is 0 Å². The van der Waals surface area contributed by atoms with E-state index >= 15 is 0 Å². The average molecular weight is 619 g/mol. The highest BCUT2D eigenvalue weighted by Gasteiger charge is 2.27. The number of unbranched alkanes of at least 4 members (excludes halogenated alkanes) is 24. The van der Waals surface area contributed by atoms with Crippen LogP contribution in [0, 0.1) is 0 Å². The van der Waals surface area contributed by atoms with E-state index in [1.807, 2.05) is 0 Å². The number of rotatable bonds is 32. The molecule has 0 aromatic heterocycles. The zero-order chi connectivity index (χ0) is 31.9. The Labute approximate surface area is 282 Å². The molecule has 0 unspecified atom stereocenters. The normalized spacial score (nSPS) is 11.8. The fourth-order valence-electron chi connectivity index (χ4n) is 7.36. The van der Waals surface area contributed by atoms with E-state index in [-0.39, 0.29) is 0 Å². The summed E-state index contributed by atoms with van der Waals surface area (Å²) in [5.41, 5.74) is 3.02. The van der Waals surface area contributed by atoms with Crippen molar-refractivity contribution in [2.24, 2.45) is 0 Å². The van der Waals surface area contributed by atoms with E-state index in [9.17, 15) is 0 Å². The summed E-state index contributed by atoms with van der Waals surface area (Å²) in [5.74, 6) is 0. The molecule has 0 aliphatic rings. The van der Waals surface area contributed by atoms with Crippen LogP contribution in [0.5, 0.6) is 0 Å². The lowest BCUT2D eigenvalue weighted by Gasteiger charge is -2.39. The molecule has 0 atom stereocenters. The molecule has 0 aliphatic heterocycles. The van der Waals surface area contributed by atoms with Gasteiger partial charge in [-0.3, -0.25) is 0 Å². The van der Waals surface area contributed by atoms with E-state index in [1.54, 1.807) is 0 Å². The molecule has 1 nitrogen and oxygen atoms in total. The fourth-order valence-corrected chi connectivity index (χ4v) is 7.36. The van der Waals surface area contributed by atoms with Crippen LogP contribution in [0.1, 0.15) is 192 Å². The third-order valence-electron chi connectivity index (χ3n) is 10.2. The molecule has 45 heavy (non-hydrogen) atoms. The number of nitrogens with zero attached hydrogens (tertiary/aromatic N) is 1. The highest BCUT2D eigenvalue weighted by atomic mass is 15.3. The molecule has 0 heterocycles. The first kappa shape index (κ1) is 39.6. The van der Waals surface area contributed by atoms with E-state index in [4.69, 9.17) is 0 Å². The van der Waals surface area contributed by atoms with Crippen molar-refractivity contribution in [2.45, 2.75) is 194 Å². The maximum atomic E-state index is 2.37. The standard InChI is InChI=1S/C44H76N/c1-3-5-7-9-11-13-15-17-19-21-23-25-33-39-45(41-43-35-29-27-30-36-43,42-44-37-31-28-32-38-44)40-34-26-24-22-20-18-16-14-12-10-8-6-4-2/h27-32,35-38H,3-26,33-34,39-42H2,1-2H3/q+1. The van der Waals surface area contributed by atoms with Crippen LogP contribution in [0.15, 0.2) is 60.7 Å². The Morgan fingerprint density at radius 1 is 0.311 bits per heavy atom. The topological polar surface area (TPSA) is 0 Å². The second-order valence-corrected chi connectivity index (χ2v) is 14.6. The summed E-state index contributed by atoms with van der Waals surface area (Å²) < 4.78 is 1.23. The molecule has 0 spiro atoms. The van der Waals surface area contributed by atoms with Crippen LogP contribution in [0.4, 0.5) is 0 Å². The Bertz CT molecular complexity index is 786. The van der Waals surface area contributed by atoms with Gasteiger partial charge in [0.2, 0.25) is 0 Å². The second-order valence-electron chi connectivity index (χ2n) is 14.6. The van der Waals surface area contributed by atoms with Crippen molar-refractivity contribution in [1.82, 2.24) is 0 Å². The first-order chi connectivity index (χ1) is 22.3. The molecular weight excluding hydrogens is 542 g/mol. The Morgan fingerprint density at radius 3 is 0.822 bits per heavy atom. The van der Waals surface area contributed by atoms with Crippen molar-refractivity contribution in [3.05, 3.63) is 71.8 Å². The van der Waals surface area contributed by atoms with Crippen LogP contribution in [-0.4, -0.2) is 17.6 Å². The molecule has 2 aromatic rings. The summed E-state index contributed by atoms with van der Waals surface area (Å²) in [6.07, 6.45) is 37.2. The molecule has 0 saturated carbocycles. The van der Waals surface area contributed by atoms with Crippen molar-refractivity contribution >= 4 is 0 Å². The van der Waals surface area contributed by atoms with Crippen molar-refractivity contribution in [2.75, 3.05) is 13.1 Å². The Morgan fingerprint density at radius 2 is 0.556 bits per heavy atom. The van der Waals surface area contributed by atoms with Gasteiger partial charge in [0.15, 0.2) is 0 Å². The van der Waals surface area contributed by atoms with E-state index in [1.165, 1.54) is 209 Å². The molecule has 0 N–H and O–H groups in total. The zero-order valence-corrected chi connectivity index (χ0v) is 30.4. The molecule has 0 fully saturated rings. The number of benzene rings is 2. The van der Waals surface area contributed by atoms with Crippen LogP contribution < -0.4 is 0 Å². The van der Waals surface area contributed by atoms with Gasteiger partial charge in [0.05, 0.1) is 13.1 Å². The first-order valence-electron chi connectivity index (χ1n) is 20.2. The average Bonchev–Trinajstić information content (AvgIpc) is 3.06. The lowest BCUT2D eigenvalue weighted by Crippen LogP contribution is -2.48. The van der Waals surface area contributed by atoms with Crippen molar-refractivity contribution in [3.8, 4) is 0 Å². The summed E-state index contributed by atoms with van der Waals surface area (Å²) >= 11 is 0. The smallest absolute Gasteiger partial charge is 0.105 e. The lowest BCUT2D eigenvalue weighted by molar-refractivity contribution is -0.954. The fraction of sp³-hybridized carbons (Fsp3) is 0.727. The zero-order valence-electron chi connectivity index (χ0n) is 30.4. The highest BCUT2D eigenvalue weighted by molar-refractivity contribution is 5.15. The summed E-state index contributed by atoms with van der Waals surface area (Å²) in [6.45, 7) is 9.61. The van der Waals surface area contributed by atoms with Crippen LogP contribution in [0.3, 0.4) is 0 Å². The minimum absolute atomic E-state index is 1.17. The summed E-state index contributed by atoms with van der Waals surface area (Å²) in [6, 6.07) is 22.8. The van der Waals surface area contributed by atoms with Crippen molar-refractivity contribution in [1.29, 1.82) is 0 Å². The SMILES string of the molecule is CCCCCCCCCCCCCCC[N+](CCCCCCCCCCCCCCC)(Cc1ccccc1)Cc1ccccc1. The maximum absolute atomic E-state index is 2.37. The van der Waals surface area contributed by atoms with E-state index < -0.39 is 0 Å². The van der Waals surface area contributed by atoms with Gasteiger partial charge in [0.1, 0.15) is 13.1 Å². The quantitative estimate of drug-likeness (QED) is 0.0565. The van der Waals surface area contributed by atoms with Gasteiger partial charge in [-0.2, -0.15) is 0 Å². The van der Waals surface area contributed by atoms with Crippen LogP contribution in [0.25, 0.3) is 0 Å². The van der Waals surface area contributed by atoms with Gasteiger partial charge >= 0.3 is 0 Å². The minimum atomic E-state index is 1.17. The third-order valence-corrected chi connectivity index (χ3v) is 10.2. The largest absolute Gasteiger partial charge is 0.316 e. The first-order valence-corrected chi connectivity index (χ1v) is 20.2. The molecule has 1 heteroatoms. The van der Waals surface area contributed by atoms with E-state index in [2.05, 4.69) is 74.5 Å². The highest BCUT2D eigenvalue weighted by Crippen LogP contribution is 2.24. The number of hydrogen-bond donors (Lipinski definition) is 0. The van der Waals surface area contributed by atoms with Crippen LogP contribution in [-0.2, 0) is 13.1 Å². The van der Waals surface area contributed by atoms with Crippen molar-refractivity contribution < 1.29 is 4.48 Å². The molecule has 0 aliphatic carbocycles. The predicted octanol–water partition coefficient (Wildman–Crippen LogP) is 14.4. The van der Waals surface area contributed by atoms with Gasteiger partial charge in [-0.1, -0.05) is 216 Å². The molecule has 0 amide bonds. The van der Waals surface area contributed by atoms with Gasteiger partial charge in [-0.05, 0) is 25.7 Å². The molecule has 256 valence electrons. The summed E-state index contributed by atoms with van der Waals surface area (Å²) in [5, 5.41) is 0. The molecule has 0 radical (unpaired) electrons. The molecular formula is C44H76N+. The minimum Gasteiger partial charge on any atom is -0.316 e. The molecule has 2 aromatic carbocycles. The van der Waals surface area contributed by atoms with Gasteiger partial charge in [0.25, 0.3) is 0 Å². The Kier molecular flexibility index (Phi) is 25.2. The van der Waals surface area contributed by atoms with E-state index in [0.717, 1.165) is 0 Å². The van der Waals surface area contributed by atoms with Crippen molar-refractivity contribution in [3.63, 3.8) is 0 Å². The molecule has 0 saturated heterocycles. The Hall–Kier alpha value is -1.60. The van der Waals surface area contributed by atoms with Crippen LogP contribution >= 0.6 is 0 Å². The van der Waals surface area contributed by atoms with Gasteiger partial charge < -0.3 is 4.48 Å². The van der Waals surface area contributed by atoms with Gasteiger partial charge in [-0.25, -0.2) is 0 Å². The third kappa shape index (κ3) is 21.8. The maximum Gasteiger partial charge on any atom is 0.105 e. The monoisotopic (exact) mass is 619 g/mol. The second kappa shape index (κ2) is 28.6. The summed E-state index contributed by atoms with van der Waals surface area (Å²) in [7, 11) is 0. The van der Waals surface area contributed by atoms with E-state index in [0.29, 0.717) is 0 Å². The molecule has 0 bridgehead atoms. The Balaban J connectivity index is 1.77. The lowest BCUT2D eigenvalue weighted by atomic mass is 10.0. The number of hydrogen-bond acceptors (Lipinski definition) is 0. The predicted molar refractivity (Wildman–Crippen MR) is 202 cm³/mol. The molecule has 2 rings (SSSR count). The van der Waals surface area contributed by atoms with Gasteiger partial charge in [-0.15, -0.1) is 0 Å². The van der Waals surface area contributed by atoms with Gasteiger partial charge in [0, 0.05) is 11.1 Å².